The number of hydrogen-bond donors (Lipinski definition) is 1. The average Bonchev–Trinajstić information content (AvgIpc) is 3.20. The van der Waals surface area contributed by atoms with Crippen molar-refractivity contribution < 1.29 is 9.72 Å². The Morgan fingerprint density at radius 1 is 1.03 bits per heavy atom. The molecule has 7 heteroatoms. The second-order valence-electron chi connectivity index (χ2n) is 6.27. The van der Waals surface area contributed by atoms with Crippen molar-refractivity contribution >= 4 is 44.9 Å². The molecule has 0 aliphatic carbocycles. The number of rotatable bonds is 5. The van der Waals surface area contributed by atoms with Crippen LogP contribution >= 0.6 is 11.3 Å². The topological polar surface area (TPSA) is 85.1 Å². The summed E-state index contributed by atoms with van der Waals surface area (Å²) in [4.78, 5) is 26.8. The molecule has 29 heavy (non-hydrogen) atoms. The molecule has 0 saturated carbocycles. The third kappa shape index (κ3) is 4.36. The van der Waals surface area contributed by atoms with Gasteiger partial charge in [0.25, 0.3) is 5.69 Å². The third-order valence-electron chi connectivity index (χ3n) is 4.31. The summed E-state index contributed by atoms with van der Waals surface area (Å²) in [5, 5.41) is 18.1. The van der Waals surface area contributed by atoms with Crippen molar-refractivity contribution in [1.82, 2.24) is 4.98 Å². The first-order valence-electron chi connectivity index (χ1n) is 8.77. The van der Waals surface area contributed by atoms with E-state index in [4.69, 9.17) is 0 Å². The van der Waals surface area contributed by atoms with Crippen LogP contribution < -0.4 is 5.32 Å². The number of aromatic nitrogens is 1. The van der Waals surface area contributed by atoms with Gasteiger partial charge >= 0.3 is 0 Å². The number of carbonyl (C=O) groups excluding carboxylic acids is 1. The Morgan fingerprint density at radius 3 is 2.55 bits per heavy atom. The molecule has 6 nitrogen and oxygen atoms in total. The molecule has 1 heterocycles. The van der Waals surface area contributed by atoms with Crippen LogP contribution in [0.2, 0.25) is 0 Å². The molecule has 0 saturated heterocycles. The Balaban J connectivity index is 1.44. The highest BCUT2D eigenvalue weighted by Gasteiger charge is 2.08. The molecule has 1 amide bonds. The number of carbonyl (C=O) groups is 1. The van der Waals surface area contributed by atoms with E-state index in [1.165, 1.54) is 29.5 Å². The van der Waals surface area contributed by atoms with E-state index in [0.717, 1.165) is 22.0 Å². The number of nitrogens with zero attached hydrogens (tertiary/aromatic N) is 2. The zero-order valence-corrected chi connectivity index (χ0v) is 15.9. The molecule has 1 N–H and O–H groups in total. The first kappa shape index (κ1) is 18.5. The molecule has 4 rings (SSSR count). The van der Waals surface area contributed by atoms with Crippen LogP contribution in [-0.2, 0) is 4.79 Å². The van der Waals surface area contributed by atoms with Gasteiger partial charge in [-0.1, -0.05) is 36.4 Å². The van der Waals surface area contributed by atoms with Crippen LogP contribution in [0.15, 0.2) is 78.2 Å². The second kappa shape index (κ2) is 8.04. The van der Waals surface area contributed by atoms with E-state index >= 15 is 0 Å². The lowest BCUT2D eigenvalue weighted by atomic mass is 10.1. The summed E-state index contributed by atoms with van der Waals surface area (Å²) in [6, 6.07) is 20.2. The van der Waals surface area contributed by atoms with Gasteiger partial charge in [-0.3, -0.25) is 20.2 Å². The van der Waals surface area contributed by atoms with E-state index in [-0.39, 0.29) is 11.6 Å². The molecular weight excluding hydrogens is 386 g/mol. The number of anilines is 1. The van der Waals surface area contributed by atoms with E-state index in [1.54, 1.807) is 18.2 Å². The first-order chi connectivity index (χ1) is 14.1. The number of non-ortho nitro benzene ring substituents is 1. The van der Waals surface area contributed by atoms with Gasteiger partial charge in [0.2, 0.25) is 5.91 Å². The molecule has 0 aliphatic rings. The minimum Gasteiger partial charge on any atom is -0.298 e. The summed E-state index contributed by atoms with van der Waals surface area (Å²) in [6.07, 6.45) is 2.97. The Bertz CT molecular complexity index is 1230. The first-order valence-corrected chi connectivity index (χ1v) is 9.65. The number of fused-ring (bicyclic) bond motifs is 1. The van der Waals surface area contributed by atoms with Gasteiger partial charge in [-0.2, -0.15) is 0 Å². The fraction of sp³-hybridized carbons (Fsp3) is 0. The quantitative estimate of drug-likeness (QED) is 0.271. The molecule has 0 radical (unpaired) electrons. The van der Waals surface area contributed by atoms with Gasteiger partial charge in [-0.25, -0.2) is 4.98 Å². The van der Waals surface area contributed by atoms with Gasteiger partial charge in [-0.15, -0.1) is 11.3 Å². The normalized spacial score (nSPS) is 11.0. The fourth-order valence-corrected chi connectivity index (χ4v) is 3.56. The molecule has 0 bridgehead atoms. The van der Waals surface area contributed by atoms with Crippen molar-refractivity contribution in [3.63, 3.8) is 0 Å². The van der Waals surface area contributed by atoms with Crippen LogP contribution in [0.4, 0.5) is 10.8 Å². The van der Waals surface area contributed by atoms with Crippen molar-refractivity contribution in [1.29, 1.82) is 0 Å². The van der Waals surface area contributed by atoms with Crippen LogP contribution in [0.3, 0.4) is 0 Å². The van der Waals surface area contributed by atoms with Crippen molar-refractivity contribution in [3.05, 3.63) is 93.9 Å². The van der Waals surface area contributed by atoms with E-state index in [2.05, 4.69) is 34.6 Å². The zero-order chi connectivity index (χ0) is 20.2. The summed E-state index contributed by atoms with van der Waals surface area (Å²) in [5.41, 5.74) is 2.50. The van der Waals surface area contributed by atoms with E-state index in [1.807, 2.05) is 23.6 Å². The van der Waals surface area contributed by atoms with Gasteiger partial charge in [0.1, 0.15) is 0 Å². The fourth-order valence-electron chi connectivity index (χ4n) is 2.84. The predicted octanol–water partition coefficient (Wildman–Crippen LogP) is 5.52. The highest BCUT2D eigenvalue weighted by molar-refractivity contribution is 7.14. The SMILES string of the molecule is O=C(/C=C/c1ccc([N+](=O)[O-])cc1)Nc1nc(-c2ccc3ccccc3c2)cs1. The number of nitro benzene ring substituents is 1. The molecule has 4 aromatic rings. The summed E-state index contributed by atoms with van der Waals surface area (Å²) < 4.78 is 0. The third-order valence-corrected chi connectivity index (χ3v) is 5.07. The molecule has 3 aromatic carbocycles. The molecular formula is C22H15N3O3S. The summed E-state index contributed by atoms with van der Waals surface area (Å²) in [5.74, 6) is -0.317. The van der Waals surface area contributed by atoms with Gasteiger partial charge in [-0.05, 0) is 40.6 Å². The molecule has 1 aromatic heterocycles. The number of benzene rings is 3. The van der Waals surface area contributed by atoms with Crippen molar-refractivity contribution in [2.45, 2.75) is 0 Å². The lowest BCUT2D eigenvalue weighted by Crippen LogP contribution is -2.07. The van der Waals surface area contributed by atoms with Gasteiger partial charge in [0, 0.05) is 29.2 Å². The number of amides is 1. The maximum absolute atomic E-state index is 12.1. The Kier molecular flexibility index (Phi) is 5.13. The monoisotopic (exact) mass is 401 g/mol. The maximum Gasteiger partial charge on any atom is 0.269 e. The molecule has 0 unspecified atom stereocenters. The summed E-state index contributed by atoms with van der Waals surface area (Å²) >= 11 is 1.35. The standard InChI is InChI=1S/C22H15N3O3S/c26-21(12-7-15-5-10-19(11-6-15)25(27)28)24-22-23-20(14-29-22)18-9-8-16-3-1-2-4-17(16)13-18/h1-14H,(H,23,24,26)/b12-7+. The maximum atomic E-state index is 12.1. The highest BCUT2D eigenvalue weighted by atomic mass is 32.1. The lowest BCUT2D eigenvalue weighted by molar-refractivity contribution is -0.384. The van der Waals surface area contributed by atoms with E-state index < -0.39 is 4.92 Å². The van der Waals surface area contributed by atoms with E-state index in [9.17, 15) is 14.9 Å². The Labute approximate surface area is 170 Å². The van der Waals surface area contributed by atoms with Crippen LogP contribution in [0, 0.1) is 10.1 Å². The zero-order valence-electron chi connectivity index (χ0n) is 15.1. The number of hydrogen-bond acceptors (Lipinski definition) is 5. The minimum atomic E-state index is -0.463. The van der Waals surface area contributed by atoms with Gasteiger partial charge in [0.05, 0.1) is 10.6 Å². The Hall–Kier alpha value is -3.84. The average molecular weight is 401 g/mol. The molecule has 0 atom stereocenters. The van der Waals surface area contributed by atoms with E-state index in [0.29, 0.717) is 10.7 Å². The molecule has 142 valence electrons. The summed E-state index contributed by atoms with van der Waals surface area (Å²) in [6.45, 7) is 0. The van der Waals surface area contributed by atoms with Crippen LogP contribution in [0.1, 0.15) is 5.56 Å². The van der Waals surface area contributed by atoms with Crippen LogP contribution in [0.5, 0.6) is 0 Å². The smallest absolute Gasteiger partial charge is 0.269 e. The van der Waals surface area contributed by atoms with Gasteiger partial charge < -0.3 is 0 Å². The van der Waals surface area contributed by atoms with Crippen LogP contribution in [0.25, 0.3) is 28.1 Å². The van der Waals surface area contributed by atoms with Crippen molar-refractivity contribution in [3.8, 4) is 11.3 Å². The molecule has 0 spiro atoms. The lowest BCUT2D eigenvalue weighted by Gasteiger charge is -2.01. The number of nitro groups is 1. The predicted molar refractivity (Wildman–Crippen MR) is 116 cm³/mol. The second-order valence-corrected chi connectivity index (χ2v) is 7.13. The largest absolute Gasteiger partial charge is 0.298 e. The number of nitrogens with one attached hydrogen (secondary N) is 1. The summed E-state index contributed by atoms with van der Waals surface area (Å²) in [7, 11) is 0. The minimum absolute atomic E-state index is 0.00982. The number of thiazole rings is 1. The van der Waals surface area contributed by atoms with Gasteiger partial charge in [0.15, 0.2) is 5.13 Å². The van der Waals surface area contributed by atoms with Crippen molar-refractivity contribution in [2.75, 3.05) is 5.32 Å². The molecule has 0 fully saturated rings. The van der Waals surface area contributed by atoms with Crippen LogP contribution in [-0.4, -0.2) is 15.8 Å². The molecule has 0 aliphatic heterocycles. The highest BCUT2D eigenvalue weighted by Crippen LogP contribution is 2.27. The van der Waals surface area contributed by atoms with Crippen molar-refractivity contribution in [2.24, 2.45) is 0 Å². The Morgan fingerprint density at radius 2 is 1.79 bits per heavy atom.